The van der Waals surface area contributed by atoms with Crippen molar-refractivity contribution in [1.29, 1.82) is 5.26 Å². The highest BCUT2D eigenvalue weighted by Crippen LogP contribution is 2.42. The molecule has 0 aromatic heterocycles. The molecule has 0 atom stereocenters. The standard InChI is InChI=1S/C9H5ClF3NO2S2/c1-5-2-3-7(18(10,15)16)6(4-14)8(5)17-9(11,12)13/h2-3H,1H3. The van der Waals surface area contributed by atoms with Crippen LogP contribution < -0.4 is 0 Å². The van der Waals surface area contributed by atoms with Crippen LogP contribution >= 0.6 is 22.4 Å². The van der Waals surface area contributed by atoms with E-state index in [1.807, 2.05) is 0 Å². The lowest BCUT2D eigenvalue weighted by Gasteiger charge is -2.12. The SMILES string of the molecule is Cc1ccc(S(=O)(=O)Cl)c(C#N)c1SC(F)(F)F. The average Bonchev–Trinajstić information content (AvgIpc) is 2.17. The van der Waals surface area contributed by atoms with Gasteiger partial charge in [-0.15, -0.1) is 0 Å². The highest BCUT2D eigenvalue weighted by molar-refractivity contribution is 8.13. The van der Waals surface area contributed by atoms with Crippen LogP contribution in [0.2, 0.25) is 0 Å². The van der Waals surface area contributed by atoms with Gasteiger partial charge < -0.3 is 0 Å². The molecule has 18 heavy (non-hydrogen) atoms. The summed E-state index contributed by atoms with van der Waals surface area (Å²) in [5, 5.41) is 8.83. The zero-order chi connectivity index (χ0) is 14.1. The van der Waals surface area contributed by atoms with Crippen molar-refractivity contribution in [2.75, 3.05) is 0 Å². The molecule has 1 rings (SSSR count). The summed E-state index contributed by atoms with van der Waals surface area (Å²) in [6, 6.07) is 3.63. The molecule has 0 aliphatic heterocycles. The molecule has 0 fully saturated rings. The molecule has 0 aliphatic rings. The predicted molar refractivity (Wildman–Crippen MR) is 60.8 cm³/mol. The first kappa shape index (κ1) is 15.1. The van der Waals surface area contributed by atoms with E-state index in [4.69, 9.17) is 15.9 Å². The summed E-state index contributed by atoms with van der Waals surface area (Å²) >= 11 is -0.537. The topological polar surface area (TPSA) is 57.9 Å². The second kappa shape index (κ2) is 4.99. The van der Waals surface area contributed by atoms with Gasteiger partial charge in [-0.3, -0.25) is 0 Å². The molecule has 0 unspecified atom stereocenters. The number of hydrogen-bond donors (Lipinski definition) is 0. The van der Waals surface area contributed by atoms with Gasteiger partial charge in [-0.05, 0) is 30.3 Å². The van der Waals surface area contributed by atoms with Gasteiger partial charge in [0.25, 0.3) is 9.05 Å². The zero-order valence-electron chi connectivity index (χ0n) is 8.75. The molecule has 1 aromatic rings. The maximum Gasteiger partial charge on any atom is 0.446 e. The molecule has 0 heterocycles. The second-order valence-corrected chi connectivity index (χ2v) is 6.79. The first-order chi connectivity index (χ1) is 8.06. The molecule has 0 aliphatic carbocycles. The molecule has 9 heteroatoms. The van der Waals surface area contributed by atoms with Crippen LogP contribution in [0, 0.1) is 18.3 Å². The van der Waals surface area contributed by atoms with Crippen LogP contribution in [0.3, 0.4) is 0 Å². The van der Waals surface area contributed by atoms with Crippen molar-refractivity contribution in [1.82, 2.24) is 0 Å². The van der Waals surface area contributed by atoms with Gasteiger partial charge in [0, 0.05) is 15.6 Å². The number of halogens is 4. The lowest BCUT2D eigenvalue weighted by molar-refractivity contribution is -0.0328. The number of thioether (sulfide) groups is 1. The molecule has 0 saturated heterocycles. The van der Waals surface area contributed by atoms with Crippen molar-refractivity contribution in [3.05, 3.63) is 23.3 Å². The van der Waals surface area contributed by atoms with Crippen LogP contribution in [-0.2, 0) is 9.05 Å². The van der Waals surface area contributed by atoms with E-state index in [9.17, 15) is 21.6 Å². The maximum atomic E-state index is 12.3. The molecule has 1 aromatic carbocycles. The highest BCUT2D eigenvalue weighted by Gasteiger charge is 2.33. The number of alkyl halides is 3. The van der Waals surface area contributed by atoms with E-state index in [0.717, 1.165) is 6.07 Å². The summed E-state index contributed by atoms with van der Waals surface area (Å²) in [7, 11) is 0.797. The molecule has 3 nitrogen and oxygen atoms in total. The third kappa shape index (κ3) is 3.54. The summed E-state index contributed by atoms with van der Waals surface area (Å²) < 4.78 is 59.3. The number of hydrogen-bond acceptors (Lipinski definition) is 4. The lowest BCUT2D eigenvalue weighted by Crippen LogP contribution is -2.04. The molecule has 0 amide bonds. The Morgan fingerprint density at radius 2 is 1.94 bits per heavy atom. The molecule has 0 N–H and O–H groups in total. The first-order valence-corrected chi connectivity index (χ1v) is 7.43. The van der Waals surface area contributed by atoms with Gasteiger partial charge in [-0.1, -0.05) is 6.07 Å². The Balaban J connectivity index is 3.57. The summed E-state index contributed by atoms with van der Waals surface area (Å²) in [5.74, 6) is 0. The average molecular weight is 316 g/mol. The molecular weight excluding hydrogens is 311 g/mol. The van der Waals surface area contributed by atoms with Gasteiger partial charge in [0.1, 0.15) is 11.0 Å². The van der Waals surface area contributed by atoms with Crippen molar-refractivity contribution in [3.63, 3.8) is 0 Å². The fourth-order valence-corrected chi connectivity index (χ4v) is 3.02. The van der Waals surface area contributed by atoms with Crippen LogP contribution in [0.15, 0.2) is 21.9 Å². The van der Waals surface area contributed by atoms with Crippen molar-refractivity contribution in [2.45, 2.75) is 22.2 Å². The number of rotatable bonds is 2. The van der Waals surface area contributed by atoms with Crippen LogP contribution in [0.4, 0.5) is 13.2 Å². The van der Waals surface area contributed by atoms with E-state index >= 15 is 0 Å². The Kier molecular flexibility index (Phi) is 4.20. The highest BCUT2D eigenvalue weighted by atomic mass is 35.7. The number of benzene rings is 1. The minimum absolute atomic E-state index is 0.151. The van der Waals surface area contributed by atoms with Crippen LogP contribution in [0.1, 0.15) is 11.1 Å². The van der Waals surface area contributed by atoms with Gasteiger partial charge in [0.2, 0.25) is 0 Å². The molecule has 0 spiro atoms. The van der Waals surface area contributed by atoms with Crippen LogP contribution in [-0.4, -0.2) is 13.9 Å². The quantitative estimate of drug-likeness (QED) is 0.620. The number of nitriles is 1. The van der Waals surface area contributed by atoms with Crippen molar-refractivity contribution < 1.29 is 21.6 Å². The van der Waals surface area contributed by atoms with E-state index in [0.29, 0.717) is 0 Å². The van der Waals surface area contributed by atoms with E-state index in [1.54, 1.807) is 0 Å². The Morgan fingerprint density at radius 3 is 2.33 bits per heavy atom. The van der Waals surface area contributed by atoms with Crippen molar-refractivity contribution in [2.24, 2.45) is 0 Å². The molecule has 0 saturated carbocycles. The van der Waals surface area contributed by atoms with E-state index < -0.39 is 41.7 Å². The summed E-state index contributed by atoms with van der Waals surface area (Å²) in [6.45, 7) is 1.35. The largest absolute Gasteiger partial charge is 0.446 e. The number of aryl methyl sites for hydroxylation is 1. The minimum Gasteiger partial charge on any atom is -0.207 e. The Hall–Kier alpha value is -0.910. The Labute approximate surface area is 110 Å². The second-order valence-electron chi connectivity index (χ2n) is 3.18. The smallest absolute Gasteiger partial charge is 0.207 e. The monoisotopic (exact) mass is 315 g/mol. The van der Waals surface area contributed by atoms with E-state index in [1.165, 1.54) is 19.1 Å². The zero-order valence-corrected chi connectivity index (χ0v) is 11.1. The molecular formula is C9H5ClF3NO2S2. The molecule has 0 bridgehead atoms. The van der Waals surface area contributed by atoms with Gasteiger partial charge in [0.05, 0.1) is 5.56 Å². The van der Waals surface area contributed by atoms with Crippen molar-refractivity contribution >= 4 is 31.5 Å². The summed E-state index contributed by atoms with van der Waals surface area (Å²) in [5.41, 5.74) is -5.06. The van der Waals surface area contributed by atoms with Gasteiger partial charge in [0.15, 0.2) is 0 Å². The van der Waals surface area contributed by atoms with Gasteiger partial charge in [-0.2, -0.15) is 18.4 Å². The molecule has 0 radical (unpaired) electrons. The van der Waals surface area contributed by atoms with Crippen LogP contribution in [0.25, 0.3) is 0 Å². The minimum atomic E-state index is -4.62. The predicted octanol–water partition coefficient (Wildman–Crippen LogP) is 3.41. The van der Waals surface area contributed by atoms with Gasteiger partial charge >= 0.3 is 5.51 Å². The number of nitrogens with zero attached hydrogens (tertiary/aromatic N) is 1. The maximum absolute atomic E-state index is 12.3. The normalized spacial score (nSPS) is 12.2. The Morgan fingerprint density at radius 1 is 1.39 bits per heavy atom. The van der Waals surface area contributed by atoms with Crippen LogP contribution in [0.5, 0.6) is 0 Å². The van der Waals surface area contributed by atoms with Gasteiger partial charge in [-0.25, -0.2) is 8.42 Å². The Bertz CT molecular complexity index is 620. The lowest BCUT2D eigenvalue weighted by atomic mass is 10.1. The summed E-state index contributed by atoms with van der Waals surface area (Å²) in [6.07, 6.45) is 0. The third-order valence-electron chi connectivity index (χ3n) is 1.91. The third-order valence-corrected chi connectivity index (χ3v) is 4.23. The fourth-order valence-electron chi connectivity index (χ4n) is 1.23. The van der Waals surface area contributed by atoms with E-state index in [2.05, 4.69) is 0 Å². The fraction of sp³-hybridized carbons (Fsp3) is 0.222. The van der Waals surface area contributed by atoms with Crippen molar-refractivity contribution in [3.8, 4) is 6.07 Å². The molecule has 98 valence electrons. The van der Waals surface area contributed by atoms with E-state index in [-0.39, 0.29) is 5.56 Å². The first-order valence-electron chi connectivity index (χ1n) is 4.30. The summed E-state index contributed by atoms with van der Waals surface area (Å²) in [4.78, 5) is -1.07.